The number of aliphatic carboxylic acids is 1. The maximum atomic E-state index is 13.4. The van der Waals surface area contributed by atoms with Crippen molar-refractivity contribution in [3.05, 3.63) is 99.7 Å². The minimum atomic E-state index is -1.34. The Balaban J connectivity index is 1.32. The van der Waals surface area contributed by atoms with Crippen LogP contribution in [-0.2, 0) is 43.2 Å². The molecule has 4 amide bonds. The van der Waals surface area contributed by atoms with Gasteiger partial charge in [-0.3, -0.25) is 24.0 Å². The molecule has 0 unspecified atom stereocenters. The van der Waals surface area contributed by atoms with Gasteiger partial charge in [0.05, 0.1) is 23.6 Å². The van der Waals surface area contributed by atoms with Crippen molar-refractivity contribution in [2.45, 2.75) is 50.6 Å². The van der Waals surface area contributed by atoms with Crippen molar-refractivity contribution in [1.82, 2.24) is 26.3 Å². The van der Waals surface area contributed by atoms with Crippen LogP contribution in [0.4, 0.5) is 0 Å². The lowest BCUT2D eigenvalue weighted by Crippen LogP contribution is -2.49. The van der Waals surface area contributed by atoms with E-state index in [1.165, 1.54) is 0 Å². The van der Waals surface area contributed by atoms with Gasteiger partial charge in [0.15, 0.2) is 0 Å². The largest absolute Gasteiger partial charge is 0.497 e. The van der Waals surface area contributed by atoms with Gasteiger partial charge in [-0.1, -0.05) is 59.6 Å². The number of ether oxygens (including phenoxy) is 1. The number of nitrogens with one attached hydrogen (secondary N) is 5. The summed E-state index contributed by atoms with van der Waals surface area (Å²) in [5.41, 5.74) is 3.50. The number of aromatic amines is 1. The van der Waals surface area contributed by atoms with Crippen LogP contribution in [0, 0.1) is 0 Å². The van der Waals surface area contributed by atoms with Gasteiger partial charge in [0, 0.05) is 49.5 Å². The first-order chi connectivity index (χ1) is 24.0. The summed E-state index contributed by atoms with van der Waals surface area (Å²) in [6.45, 7) is 0.486. The molecule has 0 saturated heterocycles. The zero-order chi connectivity index (χ0) is 36.0. The van der Waals surface area contributed by atoms with Crippen LogP contribution in [0.25, 0.3) is 10.9 Å². The van der Waals surface area contributed by atoms with Gasteiger partial charge in [-0.05, 0) is 59.9 Å². The molecule has 0 aliphatic heterocycles. The molecule has 1 aromatic heterocycles. The van der Waals surface area contributed by atoms with E-state index in [1.54, 1.807) is 37.6 Å². The van der Waals surface area contributed by atoms with E-state index in [2.05, 4.69) is 26.3 Å². The summed E-state index contributed by atoms with van der Waals surface area (Å²) in [4.78, 5) is 66.5. The normalized spacial score (nSPS) is 12.1. The highest BCUT2D eigenvalue weighted by molar-refractivity contribution is 6.42. The van der Waals surface area contributed by atoms with Gasteiger partial charge >= 0.3 is 5.97 Å². The first-order valence-electron chi connectivity index (χ1n) is 16.0. The molecule has 0 spiro atoms. The molecule has 14 heteroatoms. The predicted octanol–water partition coefficient (Wildman–Crippen LogP) is 3.97. The first-order valence-corrected chi connectivity index (χ1v) is 16.8. The zero-order valence-corrected chi connectivity index (χ0v) is 28.9. The summed E-state index contributed by atoms with van der Waals surface area (Å²) < 4.78 is 5.13. The van der Waals surface area contributed by atoms with Crippen molar-refractivity contribution in [1.29, 1.82) is 0 Å². The minimum Gasteiger partial charge on any atom is -0.497 e. The molecule has 0 radical (unpaired) electrons. The second kappa shape index (κ2) is 18.6. The average molecular weight is 725 g/mol. The molecule has 4 aromatic rings. The molecule has 2 atom stereocenters. The summed E-state index contributed by atoms with van der Waals surface area (Å²) in [5.74, 6) is -2.90. The summed E-state index contributed by atoms with van der Waals surface area (Å²) in [7, 11) is 1.56. The smallest absolute Gasteiger partial charge is 0.305 e. The number of hydrogen-bond acceptors (Lipinski definition) is 6. The molecule has 0 saturated carbocycles. The summed E-state index contributed by atoms with van der Waals surface area (Å²) in [6, 6.07) is 17.8. The van der Waals surface area contributed by atoms with Crippen LogP contribution in [-0.4, -0.2) is 72.0 Å². The van der Waals surface area contributed by atoms with Gasteiger partial charge in [-0.15, -0.1) is 0 Å². The second-order valence-corrected chi connectivity index (χ2v) is 12.4. The predicted molar refractivity (Wildman–Crippen MR) is 190 cm³/mol. The van der Waals surface area contributed by atoms with Crippen LogP contribution in [0.5, 0.6) is 5.75 Å². The zero-order valence-electron chi connectivity index (χ0n) is 27.4. The van der Waals surface area contributed by atoms with Crippen molar-refractivity contribution in [3.63, 3.8) is 0 Å². The van der Waals surface area contributed by atoms with Gasteiger partial charge in [-0.25, -0.2) is 0 Å². The molecule has 6 N–H and O–H groups in total. The number of hydrogen-bond donors (Lipinski definition) is 6. The number of H-pyrrole nitrogens is 1. The number of halogens is 2. The minimum absolute atomic E-state index is 0.179. The van der Waals surface area contributed by atoms with Crippen LogP contribution < -0.4 is 26.0 Å². The molecular weight excluding hydrogens is 685 g/mol. The highest BCUT2D eigenvalue weighted by Crippen LogP contribution is 2.23. The van der Waals surface area contributed by atoms with Crippen LogP contribution >= 0.6 is 23.2 Å². The molecule has 50 heavy (non-hydrogen) atoms. The molecule has 0 aliphatic rings. The number of carbonyl (C=O) groups is 5. The number of carboxylic acids is 1. The molecule has 264 valence electrons. The van der Waals surface area contributed by atoms with Gasteiger partial charge in [0.1, 0.15) is 17.8 Å². The van der Waals surface area contributed by atoms with E-state index in [4.69, 9.17) is 27.9 Å². The maximum absolute atomic E-state index is 13.4. The number of amides is 4. The van der Waals surface area contributed by atoms with Crippen LogP contribution in [0.2, 0.25) is 10.0 Å². The van der Waals surface area contributed by atoms with E-state index >= 15 is 0 Å². The van der Waals surface area contributed by atoms with E-state index in [0.29, 0.717) is 28.6 Å². The molecule has 0 aliphatic carbocycles. The lowest BCUT2D eigenvalue weighted by Gasteiger charge is -2.19. The number of fused-ring (bicyclic) bond motifs is 1. The highest BCUT2D eigenvalue weighted by atomic mass is 35.5. The van der Waals surface area contributed by atoms with E-state index in [1.807, 2.05) is 42.5 Å². The Morgan fingerprint density at radius 1 is 0.780 bits per heavy atom. The Morgan fingerprint density at radius 3 is 2.02 bits per heavy atom. The van der Waals surface area contributed by atoms with Crippen LogP contribution in [0.3, 0.4) is 0 Å². The van der Waals surface area contributed by atoms with E-state index in [9.17, 15) is 29.1 Å². The van der Waals surface area contributed by atoms with Gasteiger partial charge in [-0.2, -0.15) is 0 Å². The maximum Gasteiger partial charge on any atom is 0.305 e. The Hall–Kier alpha value is -5.07. The SMILES string of the molecule is COc1ccc(CCNC(=O)[C@@H](CC(=O)O)NC(=O)CCC(=O)N[C@@H](Cc2c[nH]c3ccccc23)C(=O)NCCc2ccc(Cl)c(Cl)c2)cc1. The van der Waals surface area contributed by atoms with E-state index in [-0.39, 0.29) is 32.4 Å². The fourth-order valence-corrected chi connectivity index (χ4v) is 5.59. The molecule has 1 heterocycles. The molecule has 0 bridgehead atoms. The number of carboxylic acid groups (broad SMARTS) is 1. The standard InChI is InChI=1S/C36H39Cl2N5O7/c1-50-25-9-6-22(7-10-25)14-16-39-36(49)31(20-34(46)47)43-33(45)13-12-32(44)42-30(19-24-21-41-29-5-3-2-4-26(24)29)35(48)40-17-15-23-8-11-27(37)28(38)18-23/h2-11,18,21,30-31,41H,12-17,19-20H2,1H3,(H,39,49)(H,40,48)(H,42,44)(H,43,45)(H,46,47)/t30-,31+/m0/s1. The third kappa shape index (κ3) is 11.5. The Morgan fingerprint density at radius 2 is 1.38 bits per heavy atom. The van der Waals surface area contributed by atoms with Gasteiger partial charge in [0.2, 0.25) is 23.6 Å². The number of benzene rings is 3. The van der Waals surface area contributed by atoms with Crippen molar-refractivity contribution in [3.8, 4) is 5.75 Å². The van der Waals surface area contributed by atoms with Crippen LogP contribution in [0.15, 0.2) is 72.9 Å². The Kier molecular flexibility index (Phi) is 14.1. The quantitative estimate of drug-likeness (QED) is 0.0899. The van der Waals surface area contributed by atoms with E-state index < -0.39 is 48.1 Å². The fourth-order valence-electron chi connectivity index (χ4n) is 5.27. The number of carbonyl (C=O) groups excluding carboxylic acids is 4. The Labute approximate surface area is 299 Å². The Bertz CT molecular complexity index is 1810. The number of para-hydroxylation sites is 1. The molecule has 12 nitrogen and oxygen atoms in total. The number of rotatable bonds is 18. The van der Waals surface area contributed by atoms with Crippen LogP contribution in [0.1, 0.15) is 36.0 Å². The monoisotopic (exact) mass is 723 g/mol. The lowest BCUT2D eigenvalue weighted by atomic mass is 10.0. The van der Waals surface area contributed by atoms with Crippen molar-refractivity contribution in [2.24, 2.45) is 0 Å². The first kappa shape index (κ1) is 37.7. The van der Waals surface area contributed by atoms with E-state index in [0.717, 1.165) is 27.6 Å². The molecule has 3 aromatic carbocycles. The third-order valence-corrected chi connectivity index (χ3v) is 8.67. The van der Waals surface area contributed by atoms with Crippen molar-refractivity contribution < 1.29 is 33.8 Å². The fraction of sp³-hybridized carbons (Fsp3) is 0.306. The summed E-state index contributed by atoms with van der Waals surface area (Å²) in [5, 5.41) is 21.7. The molecule has 0 fully saturated rings. The van der Waals surface area contributed by atoms with Crippen molar-refractivity contribution >= 4 is 63.7 Å². The third-order valence-electron chi connectivity index (χ3n) is 7.93. The average Bonchev–Trinajstić information content (AvgIpc) is 3.51. The second-order valence-electron chi connectivity index (χ2n) is 11.6. The molecule has 4 rings (SSSR count). The summed E-state index contributed by atoms with van der Waals surface area (Å²) in [6.07, 6.45) is 1.64. The lowest BCUT2D eigenvalue weighted by molar-refractivity contribution is -0.140. The number of aromatic nitrogens is 1. The summed E-state index contributed by atoms with van der Waals surface area (Å²) >= 11 is 12.1. The number of methoxy groups -OCH3 is 1. The van der Waals surface area contributed by atoms with Gasteiger partial charge < -0.3 is 36.1 Å². The highest BCUT2D eigenvalue weighted by Gasteiger charge is 2.25. The van der Waals surface area contributed by atoms with Gasteiger partial charge in [0.25, 0.3) is 0 Å². The topological polar surface area (TPSA) is 179 Å². The molecular formula is C36H39Cl2N5O7. The van der Waals surface area contributed by atoms with Crippen molar-refractivity contribution in [2.75, 3.05) is 20.2 Å².